The number of hydrogen-bond acceptors (Lipinski definition) is 5. The molecule has 3 rings (SSSR count). The Bertz CT molecular complexity index is 1070. The standard InChI is InChI=1S/C20H16INO5/c1-12(23)22-11-14-5-6-18-15(7-14)9-17(20(25)27-18)19(24)26-16-4-2-3-13(8-16)10-21/h2-9H,10-11H2,1H3,(H,22,23). The van der Waals surface area contributed by atoms with Crippen LogP contribution in [0.1, 0.15) is 28.4 Å². The van der Waals surface area contributed by atoms with Gasteiger partial charge in [-0.05, 0) is 41.5 Å². The zero-order chi connectivity index (χ0) is 19.4. The van der Waals surface area contributed by atoms with Gasteiger partial charge in [0.2, 0.25) is 5.91 Å². The number of benzene rings is 2. The Morgan fingerprint density at radius 2 is 1.93 bits per heavy atom. The highest BCUT2D eigenvalue weighted by Crippen LogP contribution is 2.19. The SMILES string of the molecule is CC(=O)NCc1ccc2oc(=O)c(C(=O)Oc3cccc(CI)c3)cc2c1. The van der Waals surface area contributed by atoms with E-state index in [1.807, 2.05) is 6.07 Å². The number of alkyl halides is 1. The molecule has 0 atom stereocenters. The molecular weight excluding hydrogens is 461 g/mol. The quantitative estimate of drug-likeness (QED) is 0.200. The first-order valence-electron chi connectivity index (χ1n) is 8.14. The number of ether oxygens (including phenoxy) is 1. The fourth-order valence-corrected chi connectivity index (χ4v) is 2.98. The van der Waals surface area contributed by atoms with Gasteiger partial charge in [0.05, 0.1) is 0 Å². The van der Waals surface area contributed by atoms with Crippen LogP contribution < -0.4 is 15.7 Å². The summed E-state index contributed by atoms with van der Waals surface area (Å²) in [6, 6.07) is 13.7. The summed E-state index contributed by atoms with van der Waals surface area (Å²) in [5.41, 5.74) is 1.25. The van der Waals surface area contributed by atoms with E-state index in [4.69, 9.17) is 9.15 Å². The van der Waals surface area contributed by atoms with Crippen molar-refractivity contribution in [3.63, 3.8) is 0 Å². The Hall–Kier alpha value is -2.68. The van der Waals surface area contributed by atoms with Crippen molar-refractivity contribution in [2.75, 3.05) is 0 Å². The molecule has 6 nitrogen and oxygen atoms in total. The van der Waals surface area contributed by atoms with Gasteiger partial charge in [0, 0.05) is 23.3 Å². The molecule has 3 aromatic rings. The molecule has 1 amide bonds. The van der Waals surface area contributed by atoms with Crippen LogP contribution in [0.4, 0.5) is 0 Å². The summed E-state index contributed by atoms with van der Waals surface area (Å²) < 4.78 is 11.3. The van der Waals surface area contributed by atoms with Crippen molar-refractivity contribution in [1.29, 1.82) is 0 Å². The van der Waals surface area contributed by atoms with E-state index in [9.17, 15) is 14.4 Å². The summed E-state index contributed by atoms with van der Waals surface area (Å²) in [6.07, 6.45) is 0. The average Bonchev–Trinajstić information content (AvgIpc) is 2.65. The van der Waals surface area contributed by atoms with Gasteiger partial charge in [-0.15, -0.1) is 0 Å². The minimum absolute atomic E-state index is 0.146. The summed E-state index contributed by atoms with van der Waals surface area (Å²) in [4.78, 5) is 35.7. The maximum absolute atomic E-state index is 12.4. The molecule has 0 bridgehead atoms. The maximum atomic E-state index is 12.4. The van der Waals surface area contributed by atoms with Gasteiger partial charge in [-0.2, -0.15) is 0 Å². The molecule has 0 saturated carbocycles. The Balaban J connectivity index is 1.90. The second-order valence-corrected chi connectivity index (χ2v) is 6.66. The lowest BCUT2D eigenvalue weighted by Gasteiger charge is -2.07. The number of fused-ring (bicyclic) bond motifs is 1. The van der Waals surface area contributed by atoms with E-state index in [0.29, 0.717) is 23.3 Å². The van der Waals surface area contributed by atoms with Crippen molar-refractivity contribution in [3.8, 4) is 5.75 Å². The van der Waals surface area contributed by atoms with Gasteiger partial charge in [-0.25, -0.2) is 9.59 Å². The normalized spacial score (nSPS) is 10.6. The van der Waals surface area contributed by atoms with Crippen molar-refractivity contribution in [3.05, 3.63) is 75.6 Å². The number of hydrogen-bond donors (Lipinski definition) is 1. The number of carbonyl (C=O) groups excluding carboxylic acids is 2. The molecule has 0 aliphatic heterocycles. The van der Waals surface area contributed by atoms with Gasteiger partial charge in [-0.3, -0.25) is 4.79 Å². The molecule has 0 spiro atoms. The molecule has 1 N–H and O–H groups in total. The van der Waals surface area contributed by atoms with Crippen molar-refractivity contribution in [2.45, 2.75) is 17.9 Å². The first-order valence-corrected chi connectivity index (χ1v) is 9.67. The zero-order valence-electron chi connectivity index (χ0n) is 14.5. The highest BCUT2D eigenvalue weighted by molar-refractivity contribution is 14.1. The minimum atomic E-state index is -0.775. The molecule has 2 aromatic carbocycles. The largest absolute Gasteiger partial charge is 0.423 e. The van der Waals surface area contributed by atoms with Gasteiger partial charge in [-0.1, -0.05) is 40.8 Å². The third kappa shape index (κ3) is 4.73. The first-order chi connectivity index (χ1) is 13.0. The fourth-order valence-electron chi connectivity index (χ4n) is 2.51. The Morgan fingerprint density at radius 3 is 2.67 bits per heavy atom. The molecule has 0 radical (unpaired) electrons. The summed E-state index contributed by atoms with van der Waals surface area (Å²) >= 11 is 2.21. The van der Waals surface area contributed by atoms with Crippen LogP contribution in [-0.2, 0) is 15.8 Å². The molecule has 0 aliphatic carbocycles. The van der Waals surface area contributed by atoms with Crippen molar-refractivity contribution in [1.82, 2.24) is 5.32 Å². The predicted molar refractivity (Wildman–Crippen MR) is 109 cm³/mol. The monoisotopic (exact) mass is 477 g/mol. The first kappa shape index (κ1) is 19.1. The van der Waals surface area contributed by atoms with E-state index in [-0.39, 0.29) is 11.5 Å². The van der Waals surface area contributed by atoms with Crippen LogP contribution >= 0.6 is 22.6 Å². The van der Waals surface area contributed by atoms with Gasteiger partial charge < -0.3 is 14.5 Å². The van der Waals surface area contributed by atoms with Gasteiger partial charge in [0.15, 0.2) is 0 Å². The summed E-state index contributed by atoms with van der Waals surface area (Å²) in [5.74, 6) is -0.552. The zero-order valence-corrected chi connectivity index (χ0v) is 16.6. The van der Waals surface area contributed by atoms with Crippen molar-refractivity contribution < 1.29 is 18.7 Å². The minimum Gasteiger partial charge on any atom is -0.423 e. The van der Waals surface area contributed by atoms with E-state index in [2.05, 4.69) is 27.9 Å². The Labute approximate surface area is 168 Å². The number of nitrogens with one attached hydrogen (secondary N) is 1. The van der Waals surface area contributed by atoms with Crippen LogP contribution in [0.25, 0.3) is 11.0 Å². The van der Waals surface area contributed by atoms with Crippen molar-refractivity contribution in [2.24, 2.45) is 0 Å². The van der Waals surface area contributed by atoms with Gasteiger partial charge in [0.25, 0.3) is 0 Å². The van der Waals surface area contributed by atoms with Crippen molar-refractivity contribution >= 4 is 45.4 Å². The highest BCUT2D eigenvalue weighted by atomic mass is 127. The molecule has 0 fully saturated rings. The number of rotatable bonds is 5. The molecule has 0 saturated heterocycles. The third-order valence-corrected chi connectivity index (χ3v) is 4.70. The molecule has 27 heavy (non-hydrogen) atoms. The lowest BCUT2D eigenvalue weighted by atomic mass is 10.1. The third-order valence-electron chi connectivity index (χ3n) is 3.82. The van der Waals surface area contributed by atoms with E-state index in [1.54, 1.807) is 36.4 Å². The molecular formula is C20H16INO5. The van der Waals surface area contributed by atoms with E-state index >= 15 is 0 Å². The molecule has 1 heterocycles. The molecule has 0 aliphatic rings. The number of esters is 1. The second kappa shape index (κ2) is 8.34. The van der Waals surface area contributed by atoms with Crippen LogP contribution in [0.3, 0.4) is 0 Å². The Morgan fingerprint density at radius 1 is 1.11 bits per heavy atom. The fraction of sp³-hybridized carbons (Fsp3) is 0.150. The molecule has 0 unspecified atom stereocenters. The average molecular weight is 477 g/mol. The van der Waals surface area contributed by atoms with Gasteiger partial charge in [0.1, 0.15) is 16.9 Å². The topological polar surface area (TPSA) is 85.6 Å². The smallest absolute Gasteiger partial charge is 0.351 e. The second-order valence-electron chi connectivity index (χ2n) is 5.90. The van der Waals surface area contributed by atoms with E-state index in [1.165, 1.54) is 13.0 Å². The van der Waals surface area contributed by atoms with Crippen LogP contribution in [-0.4, -0.2) is 11.9 Å². The van der Waals surface area contributed by atoms with Crippen LogP contribution in [0, 0.1) is 0 Å². The lowest BCUT2D eigenvalue weighted by Crippen LogP contribution is -2.19. The van der Waals surface area contributed by atoms with E-state index in [0.717, 1.165) is 15.6 Å². The van der Waals surface area contributed by atoms with Crippen LogP contribution in [0.2, 0.25) is 0 Å². The Kier molecular flexibility index (Phi) is 5.90. The lowest BCUT2D eigenvalue weighted by molar-refractivity contribution is -0.119. The van der Waals surface area contributed by atoms with Gasteiger partial charge >= 0.3 is 11.6 Å². The molecule has 7 heteroatoms. The highest BCUT2D eigenvalue weighted by Gasteiger charge is 2.16. The predicted octanol–water partition coefficient (Wildman–Crippen LogP) is 3.58. The number of carbonyl (C=O) groups is 2. The van der Waals surface area contributed by atoms with Crippen LogP contribution in [0.5, 0.6) is 5.75 Å². The number of amides is 1. The summed E-state index contributed by atoms with van der Waals surface area (Å²) in [7, 11) is 0. The van der Waals surface area contributed by atoms with E-state index < -0.39 is 11.6 Å². The van der Waals surface area contributed by atoms with Crippen LogP contribution in [0.15, 0.2) is 57.7 Å². The molecule has 1 aromatic heterocycles. The molecule has 138 valence electrons. The number of halogens is 1. The maximum Gasteiger partial charge on any atom is 0.351 e. The summed E-state index contributed by atoms with van der Waals surface area (Å²) in [6.45, 7) is 1.77. The summed E-state index contributed by atoms with van der Waals surface area (Å²) in [5, 5.41) is 3.27.